The Kier molecular flexibility index (Phi) is 3.57. The Bertz CT molecular complexity index is 655. The standard InChI is InChI=1S/C13H12N4O2/c1-2-4-12-11(8-14)15-16-17(12)10-6-3-5-9(7-10)13(18)19/h3,5-7H,2,4H2,1H3,(H,18,19). The molecule has 1 aromatic carbocycles. The summed E-state index contributed by atoms with van der Waals surface area (Å²) in [6.45, 7) is 1.99. The van der Waals surface area contributed by atoms with Crippen LogP contribution in [0.4, 0.5) is 0 Å². The number of rotatable bonds is 4. The summed E-state index contributed by atoms with van der Waals surface area (Å²) in [4.78, 5) is 11.0. The largest absolute Gasteiger partial charge is 0.478 e. The Morgan fingerprint density at radius 2 is 2.32 bits per heavy atom. The first-order valence-corrected chi connectivity index (χ1v) is 5.85. The van der Waals surface area contributed by atoms with Crippen LogP contribution >= 0.6 is 0 Å². The minimum atomic E-state index is -1.00. The predicted octanol–water partition coefficient (Wildman–Crippen LogP) is 1.79. The molecule has 0 unspecified atom stereocenters. The van der Waals surface area contributed by atoms with Crippen LogP contribution in [-0.2, 0) is 6.42 Å². The third-order valence-electron chi connectivity index (χ3n) is 2.69. The van der Waals surface area contributed by atoms with Gasteiger partial charge in [-0.25, -0.2) is 9.48 Å². The fourth-order valence-corrected chi connectivity index (χ4v) is 1.83. The number of carboxylic acid groups (broad SMARTS) is 1. The molecule has 0 aliphatic heterocycles. The molecule has 0 saturated heterocycles. The number of nitrogens with zero attached hydrogens (tertiary/aromatic N) is 4. The van der Waals surface area contributed by atoms with Crippen molar-refractivity contribution < 1.29 is 9.90 Å². The van der Waals surface area contributed by atoms with E-state index in [1.54, 1.807) is 12.1 Å². The average Bonchev–Trinajstić information content (AvgIpc) is 2.82. The van der Waals surface area contributed by atoms with E-state index in [2.05, 4.69) is 10.3 Å². The minimum absolute atomic E-state index is 0.175. The molecule has 1 heterocycles. The molecule has 2 rings (SSSR count). The van der Waals surface area contributed by atoms with Crippen molar-refractivity contribution in [1.82, 2.24) is 15.0 Å². The average molecular weight is 256 g/mol. The summed E-state index contributed by atoms with van der Waals surface area (Å²) in [7, 11) is 0. The summed E-state index contributed by atoms with van der Waals surface area (Å²) >= 11 is 0. The van der Waals surface area contributed by atoms with Gasteiger partial charge in [-0.3, -0.25) is 0 Å². The van der Waals surface area contributed by atoms with Crippen LogP contribution in [0.5, 0.6) is 0 Å². The van der Waals surface area contributed by atoms with Gasteiger partial charge < -0.3 is 5.11 Å². The van der Waals surface area contributed by atoms with Crippen molar-refractivity contribution in [2.45, 2.75) is 19.8 Å². The zero-order chi connectivity index (χ0) is 13.8. The number of hydrogen-bond donors (Lipinski definition) is 1. The first kappa shape index (κ1) is 12.8. The van der Waals surface area contributed by atoms with Gasteiger partial charge in [-0.1, -0.05) is 24.6 Å². The summed E-state index contributed by atoms with van der Waals surface area (Å²) < 4.78 is 1.52. The Morgan fingerprint density at radius 3 is 2.95 bits per heavy atom. The van der Waals surface area contributed by atoms with Crippen LogP contribution in [0.15, 0.2) is 24.3 Å². The third kappa shape index (κ3) is 2.45. The van der Waals surface area contributed by atoms with E-state index < -0.39 is 5.97 Å². The molecule has 6 nitrogen and oxygen atoms in total. The molecular weight excluding hydrogens is 244 g/mol. The lowest BCUT2D eigenvalue weighted by Gasteiger charge is -2.06. The molecule has 0 spiro atoms. The topological polar surface area (TPSA) is 91.8 Å². The fraction of sp³-hybridized carbons (Fsp3) is 0.231. The zero-order valence-corrected chi connectivity index (χ0v) is 10.4. The maximum absolute atomic E-state index is 11.0. The molecule has 0 aliphatic rings. The van der Waals surface area contributed by atoms with Crippen molar-refractivity contribution in [1.29, 1.82) is 5.26 Å². The Morgan fingerprint density at radius 1 is 1.53 bits per heavy atom. The highest BCUT2D eigenvalue weighted by Crippen LogP contribution is 2.15. The summed E-state index contributed by atoms with van der Waals surface area (Å²) in [5.41, 5.74) is 1.75. The number of carbonyl (C=O) groups is 1. The van der Waals surface area contributed by atoms with Gasteiger partial charge in [-0.05, 0) is 24.6 Å². The van der Waals surface area contributed by atoms with E-state index in [0.717, 1.165) is 6.42 Å². The van der Waals surface area contributed by atoms with Crippen molar-refractivity contribution in [2.24, 2.45) is 0 Å². The zero-order valence-electron chi connectivity index (χ0n) is 10.4. The number of nitriles is 1. The summed E-state index contributed by atoms with van der Waals surface area (Å²) in [5, 5.41) is 25.7. The van der Waals surface area contributed by atoms with Gasteiger partial charge in [0, 0.05) is 0 Å². The number of carboxylic acids is 1. The quantitative estimate of drug-likeness (QED) is 0.900. The van der Waals surface area contributed by atoms with Crippen LogP contribution in [0.25, 0.3) is 5.69 Å². The fourth-order valence-electron chi connectivity index (χ4n) is 1.83. The molecule has 1 N–H and O–H groups in total. The Hall–Kier alpha value is -2.68. The van der Waals surface area contributed by atoms with Crippen molar-refractivity contribution >= 4 is 5.97 Å². The predicted molar refractivity (Wildman–Crippen MR) is 67.0 cm³/mol. The SMILES string of the molecule is CCCc1c(C#N)nnn1-c1cccc(C(=O)O)c1. The van der Waals surface area contributed by atoms with E-state index in [0.29, 0.717) is 17.8 Å². The second kappa shape index (κ2) is 5.31. The van der Waals surface area contributed by atoms with Gasteiger partial charge in [0.2, 0.25) is 0 Å². The lowest BCUT2D eigenvalue weighted by Crippen LogP contribution is -2.05. The molecule has 0 radical (unpaired) electrons. The van der Waals surface area contributed by atoms with Crippen molar-refractivity contribution in [3.05, 3.63) is 41.2 Å². The van der Waals surface area contributed by atoms with Gasteiger partial charge >= 0.3 is 5.97 Å². The summed E-state index contributed by atoms with van der Waals surface area (Å²) in [5.74, 6) is -1.00. The van der Waals surface area contributed by atoms with Crippen LogP contribution in [0.2, 0.25) is 0 Å². The highest BCUT2D eigenvalue weighted by Gasteiger charge is 2.14. The van der Waals surface area contributed by atoms with E-state index in [1.807, 2.05) is 13.0 Å². The van der Waals surface area contributed by atoms with E-state index in [1.165, 1.54) is 16.8 Å². The second-order valence-corrected chi connectivity index (χ2v) is 4.01. The maximum atomic E-state index is 11.0. The minimum Gasteiger partial charge on any atom is -0.478 e. The van der Waals surface area contributed by atoms with Crippen molar-refractivity contribution in [3.8, 4) is 11.8 Å². The molecule has 19 heavy (non-hydrogen) atoms. The number of benzene rings is 1. The van der Waals surface area contributed by atoms with Crippen molar-refractivity contribution in [2.75, 3.05) is 0 Å². The number of aromatic nitrogens is 3. The van der Waals surface area contributed by atoms with Crippen LogP contribution in [0.1, 0.15) is 35.1 Å². The van der Waals surface area contributed by atoms with E-state index in [4.69, 9.17) is 10.4 Å². The molecule has 6 heteroatoms. The van der Waals surface area contributed by atoms with Gasteiger partial charge in [0.25, 0.3) is 0 Å². The monoisotopic (exact) mass is 256 g/mol. The number of hydrogen-bond acceptors (Lipinski definition) is 4. The van der Waals surface area contributed by atoms with Crippen molar-refractivity contribution in [3.63, 3.8) is 0 Å². The highest BCUT2D eigenvalue weighted by atomic mass is 16.4. The molecular formula is C13H12N4O2. The van der Waals surface area contributed by atoms with Crippen LogP contribution in [0, 0.1) is 11.3 Å². The van der Waals surface area contributed by atoms with E-state index in [9.17, 15) is 4.79 Å². The Labute approximate surface area is 109 Å². The molecule has 0 amide bonds. The van der Waals surface area contributed by atoms with Gasteiger partial charge in [0.05, 0.1) is 16.9 Å². The summed E-state index contributed by atoms with van der Waals surface area (Å²) in [6.07, 6.45) is 1.51. The van der Waals surface area contributed by atoms with Gasteiger partial charge in [0.15, 0.2) is 5.69 Å². The normalized spacial score (nSPS) is 10.1. The lowest BCUT2D eigenvalue weighted by molar-refractivity contribution is 0.0697. The van der Waals surface area contributed by atoms with Gasteiger partial charge in [-0.15, -0.1) is 5.10 Å². The highest BCUT2D eigenvalue weighted by molar-refractivity contribution is 5.88. The molecule has 0 saturated carbocycles. The molecule has 0 aliphatic carbocycles. The Balaban J connectivity index is 2.53. The van der Waals surface area contributed by atoms with Gasteiger partial charge in [0.1, 0.15) is 6.07 Å². The maximum Gasteiger partial charge on any atom is 0.335 e. The van der Waals surface area contributed by atoms with Gasteiger partial charge in [-0.2, -0.15) is 5.26 Å². The van der Waals surface area contributed by atoms with E-state index in [-0.39, 0.29) is 11.3 Å². The molecule has 0 fully saturated rings. The first-order valence-electron chi connectivity index (χ1n) is 5.85. The smallest absolute Gasteiger partial charge is 0.335 e. The third-order valence-corrected chi connectivity index (χ3v) is 2.69. The molecule has 0 bridgehead atoms. The summed E-state index contributed by atoms with van der Waals surface area (Å²) in [6, 6.07) is 8.39. The van der Waals surface area contributed by atoms with E-state index >= 15 is 0 Å². The molecule has 1 aromatic heterocycles. The van der Waals surface area contributed by atoms with Crippen LogP contribution < -0.4 is 0 Å². The lowest BCUT2D eigenvalue weighted by atomic mass is 10.1. The molecule has 2 aromatic rings. The number of aromatic carboxylic acids is 1. The first-order chi connectivity index (χ1) is 9.17. The van der Waals surface area contributed by atoms with Crippen LogP contribution in [0.3, 0.4) is 0 Å². The van der Waals surface area contributed by atoms with Crippen LogP contribution in [-0.4, -0.2) is 26.1 Å². The molecule has 96 valence electrons. The second-order valence-electron chi connectivity index (χ2n) is 4.01. The molecule has 0 atom stereocenters.